The van der Waals surface area contributed by atoms with Crippen molar-refractivity contribution in [2.75, 3.05) is 6.61 Å². The molecule has 0 unspecified atom stereocenters. The summed E-state index contributed by atoms with van der Waals surface area (Å²) in [5.41, 5.74) is 2.95. The highest BCUT2D eigenvalue weighted by molar-refractivity contribution is 5.98. The summed E-state index contributed by atoms with van der Waals surface area (Å²) < 4.78 is 18.4. The summed E-state index contributed by atoms with van der Waals surface area (Å²) >= 11 is 0. The Hall–Kier alpha value is -3.28. The Morgan fingerprint density at radius 1 is 1.22 bits per heavy atom. The van der Waals surface area contributed by atoms with Crippen LogP contribution in [0, 0.1) is 12.7 Å². The van der Waals surface area contributed by atoms with E-state index in [0.717, 1.165) is 16.5 Å². The number of hydrogen-bond acceptors (Lipinski definition) is 5. The average Bonchev–Trinajstić information content (AvgIpc) is 2.65. The van der Waals surface area contributed by atoms with Gasteiger partial charge in [0.15, 0.2) is 6.61 Å². The molecule has 0 aliphatic carbocycles. The first kappa shape index (κ1) is 18.5. The van der Waals surface area contributed by atoms with Crippen LogP contribution in [0.1, 0.15) is 34.1 Å². The second-order valence-electron chi connectivity index (χ2n) is 5.86. The van der Waals surface area contributed by atoms with Crippen molar-refractivity contribution in [2.45, 2.75) is 20.5 Å². The van der Waals surface area contributed by atoms with Gasteiger partial charge in [0.05, 0.1) is 29.6 Å². The number of aryl methyl sites for hydroxylation is 1. The summed E-state index contributed by atoms with van der Waals surface area (Å²) in [7, 11) is 0. The van der Waals surface area contributed by atoms with E-state index in [4.69, 9.17) is 9.57 Å². The highest BCUT2D eigenvalue weighted by atomic mass is 19.1. The van der Waals surface area contributed by atoms with Crippen LogP contribution >= 0.6 is 0 Å². The van der Waals surface area contributed by atoms with Gasteiger partial charge in [0.1, 0.15) is 5.82 Å². The molecule has 0 amide bonds. The van der Waals surface area contributed by atoms with E-state index in [-0.39, 0.29) is 19.0 Å². The van der Waals surface area contributed by atoms with Gasteiger partial charge in [-0.1, -0.05) is 35.5 Å². The highest BCUT2D eigenvalue weighted by Gasteiger charge is 2.20. The second kappa shape index (κ2) is 8.40. The summed E-state index contributed by atoms with van der Waals surface area (Å²) in [5.74, 6) is -0.795. The molecule has 0 bridgehead atoms. The number of pyridine rings is 1. The molecule has 6 heteroatoms. The van der Waals surface area contributed by atoms with E-state index in [1.807, 2.05) is 31.2 Å². The number of nitrogens with zero attached hydrogens (tertiary/aromatic N) is 2. The first-order valence-corrected chi connectivity index (χ1v) is 8.56. The van der Waals surface area contributed by atoms with Crippen LogP contribution in [0.4, 0.5) is 4.39 Å². The largest absolute Gasteiger partial charge is 0.462 e. The maximum absolute atomic E-state index is 13.2. The predicted octanol–water partition coefficient (Wildman–Crippen LogP) is 4.41. The van der Waals surface area contributed by atoms with Crippen molar-refractivity contribution < 1.29 is 18.8 Å². The van der Waals surface area contributed by atoms with E-state index in [1.165, 1.54) is 18.3 Å². The molecule has 2 aromatic carbocycles. The van der Waals surface area contributed by atoms with Crippen LogP contribution in [0.2, 0.25) is 0 Å². The Balaban J connectivity index is 1.88. The molecule has 0 aliphatic heterocycles. The van der Waals surface area contributed by atoms with Gasteiger partial charge in [-0.15, -0.1) is 0 Å². The minimum absolute atomic E-state index is 0.00830. The van der Waals surface area contributed by atoms with Crippen LogP contribution in [0.15, 0.2) is 53.7 Å². The van der Waals surface area contributed by atoms with E-state index in [9.17, 15) is 9.18 Å². The summed E-state index contributed by atoms with van der Waals surface area (Å²) in [6.45, 7) is 3.87. The Bertz CT molecular complexity index is 1000. The normalized spacial score (nSPS) is 11.1. The predicted molar refractivity (Wildman–Crippen MR) is 101 cm³/mol. The van der Waals surface area contributed by atoms with Gasteiger partial charge in [0.2, 0.25) is 0 Å². The number of aromatic nitrogens is 1. The lowest BCUT2D eigenvalue weighted by Crippen LogP contribution is -2.13. The highest BCUT2D eigenvalue weighted by Crippen LogP contribution is 2.24. The Morgan fingerprint density at radius 2 is 2.04 bits per heavy atom. The summed E-state index contributed by atoms with van der Waals surface area (Å²) in [5, 5.41) is 4.73. The van der Waals surface area contributed by atoms with Crippen molar-refractivity contribution in [3.63, 3.8) is 0 Å². The number of oxime groups is 1. The third kappa shape index (κ3) is 4.28. The van der Waals surface area contributed by atoms with Gasteiger partial charge in [-0.3, -0.25) is 0 Å². The Kier molecular flexibility index (Phi) is 5.76. The molecule has 1 heterocycles. The standard InChI is InChI=1S/C21H19FN2O3/c1-3-26-21(25)20-14(2)17-9-4-5-10-18(17)24-19(20)13-27-23-12-15-7-6-8-16(22)11-15/h4-12H,3,13H2,1-2H3/b23-12-. The summed E-state index contributed by atoms with van der Waals surface area (Å²) in [6, 6.07) is 13.5. The van der Waals surface area contributed by atoms with Crippen LogP contribution in [0.3, 0.4) is 0 Å². The average molecular weight is 366 g/mol. The fraction of sp³-hybridized carbons (Fsp3) is 0.190. The molecule has 0 radical (unpaired) electrons. The first-order chi connectivity index (χ1) is 13.1. The molecule has 0 aliphatic rings. The molecule has 27 heavy (non-hydrogen) atoms. The zero-order valence-corrected chi connectivity index (χ0v) is 15.1. The lowest BCUT2D eigenvalue weighted by molar-refractivity contribution is 0.0517. The number of rotatable bonds is 6. The van der Waals surface area contributed by atoms with Crippen molar-refractivity contribution in [1.29, 1.82) is 0 Å². The van der Waals surface area contributed by atoms with Crippen molar-refractivity contribution in [3.8, 4) is 0 Å². The van der Waals surface area contributed by atoms with Gasteiger partial charge in [-0.25, -0.2) is 14.2 Å². The zero-order valence-electron chi connectivity index (χ0n) is 15.1. The number of fused-ring (bicyclic) bond motifs is 1. The molecule has 5 nitrogen and oxygen atoms in total. The quantitative estimate of drug-likeness (QED) is 0.368. The Morgan fingerprint density at radius 3 is 2.81 bits per heavy atom. The van der Waals surface area contributed by atoms with Crippen molar-refractivity contribution >= 4 is 23.1 Å². The van der Waals surface area contributed by atoms with Crippen molar-refractivity contribution in [1.82, 2.24) is 4.98 Å². The maximum atomic E-state index is 13.2. The molecule has 3 rings (SSSR count). The fourth-order valence-corrected chi connectivity index (χ4v) is 2.80. The zero-order chi connectivity index (χ0) is 19.2. The number of benzene rings is 2. The fourth-order valence-electron chi connectivity index (χ4n) is 2.80. The number of carbonyl (C=O) groups excluding carboxylic acids is 1. The minimum Gasteiger partial charge on any atom is -0.462 e. The van der Waals surface area contributed by atoms with E-state index in [2.05, 4.69) is 10.1 Å². The lowest BCUT2D eigenvalue weighted by atomic mass is 10.0. The molecular formula is C21H19FN2O3. The van der Waals surface area contributed by atoms with Gasteiger partial charge in [0, 0.05) is 5.39 Å². The molecule has 0 saturated carbocycles. The molecule has 0 atom stereocenters. The summed E-state index contributed by atoms with van der Waals surface area (Å²) in [4.78, 5) is 22.3. The number of ether oxygens (including phenoxy) is 1. The van der Waals surface area contributed by atoms with Crippen LogP contribution in [-0.4, -0.2) is 23.8 Å². The van der Waals surface area contributed by atoms with Crippen molar-refractivity contribution in [2.24, 2.45) is 5.16 Å². The SMILES string of the molecule is CCOC(=O)c1c(CO/N=C\c2cccc(F)c2)nc2ccccc2c1C. The second-order valence-corrected chi connectivity index (χ2v) is 5.86. The van der Waals surface area contributed by atoms with Gasteiger partial charge < -0.3 is 9.57 Å². The Labute approximate surface area is 156 Å². The molecule has 0 saturated heterocycles. The maximum Gasteiger partial charge on any atom is 0.340 e. The van der Waals surface area contributed by atoms with Crippen LogP contribution in [0.5, 0.6) is 0 Å². The molecule has 0 N–H and O–H groups in total. The molecule has 0 spiro atoms. The van der Waals surface area contributed by atoms with Crippen LogP contribution in [0.25, 0.3) is 10.9 Å². The van der Waals surface area contributed by atoms with Gasteiger partial charge in [-0.05, 0) is 43.2 Å². The van der Waals surface area contributed by atoms with E-state index < -0.39 is 5.97 Å². The van der Waals surface area contributed by atoms with Gasteiger partial charge in [-0.2, -0.15) is 0 Å². The molecular weight excluding hydrogens is 347 g/mol. The molecule has 138 valence electrons. The topological polar surface area (TPSA) is 60.8 Å². The van der Waals surface area contributed by atoms with Crippen LogP contribution < -0.4 is 0 Å². The number of halogens is 1. The van der Waals surface area contributed by atoms with Gasteiger partial charge >= 0.3 is 5.97 Å². The first-order valence-electron chi connectivity index (χ1n) is 8.56. The smallest absolute Gasteiger partial charge is 0.340 e. The van der Waals surface area contributed by atoms with Crippen LogP contribution in [-0.2, 0) is 16.2 Å². The van der Waals surface area contributed by atoms with E-state index in [1.54, 1.807) is 19.1 Å². The van der Waals surface area contributed by atoms with Crippen molar-refractivity contribution in [3.05, 3.63) is 76.7 Å². The number of hydrogen-bond donors (Lipinski definition) is 0. The van der Waals surface area contributed by atoms with E-state index in [0.29, 0.717) is 16.8 Å². The molecule has 3 aromatic rings. The molecule has 0 fully saturated rings. The lowest BCUT2D eigenvalue weighted by Gasteiger charge is -2.13. The third-order valence-electron chi connectivity index (χ3n) is 4.03. The minimum atomic E-state index is -0.444. The number of carbonyl (C=O) groups is 1. The monoisotopic (exact) mass is 366 g/mol. The van der Waals surface area contributed by atoms with Gasteiger partial charge in [0.25, 0.3) is 0 Å². The number of para-hydroxylation sites is 1. The third-order valence-corrected chi connectivity index (χ3v) is 4.03. The van der Waals surface area contributed by atoms with E-state index >= 15 is 0 Å². The molecule has 1 aromatic heterocycles. The summed E-state index contributed by atoms with van der Waals surface area (Å²) in [6.07, 6.45) is 1.40. The number of esters is 1.